The van der Waals surface area contributed by atoms with Crippen LogP contribution in [-0.2, 0) is 17.8 Å². The molecule has 198 valence electrons. The zero-order chi connectivity index (χ0) is 26.0. The van der Waals surface area contributed by atoms with E-state index in [2.05, 4.69) is 44.0 Å². The molecular formula is C29H40N6O2. The summed E-state index contributed by atoms with van der Waals surface area (Å²) in [6, 6.07) is 18.3. The molecule has 0 saturated carbocycles. The van der Waals surface area contributed by atoms with Gasteiger partial charge in [0.1, 0.15) is 5.75 Å². The Morgan fingerprint density at radius 3 is 2.57 bits per heavy atom. The molecule has 1 aliphatic rings. The largest absolute Gasteiger partial charge is 0.494 e. The van der Waals surface area contributed by atoms with E-state index >= 15 is 0 Å². The Morgan fingerprint density at radius 1 is 0.973 bits per heavy atom. The minimum absolute atomic E-state index is 0.0462. The van der Waals surface area contributed by atoms with Gasteiger partial charge >= 0.3 is 0 Å². The summed E-state index contributed by atoms with van der Waals surface area (Å²) in [5.41, 5.74) is 2.45. The number of nitrogens with one attached hydrogen (secondary N) is 3. The first kappa shape index (κ1) is 28.0. The second-order valence-corrected chi connectivity index (χ2v) is 9.27. The van der Waals surface area contributed by atoms with E-state index in [1.165, 1.54) is 37.9 Å². The van der Waals surface area contributed by atoms with Crippen LogP contribution in [0.4, 0.5) is 0 Å². The molecule has 8 heteroatoms. The third-order valence-corrected chi connectivity index (χ3v) is 6.22. The standard InChI is InChI=1S/C29H40N6O2/c30-24-34-29(32-17-8-16-31-28(36)15-14-25-10-3-1-4-11-25)33-18-9-21-37-27-13-7-12-26(22-27)23-35-19-5-2-6-20-35/h1,3-4,7,10-13,22H,2,5-6,8-9,14-21,23H2,(H,31,36)(H2,32,33,34). The van der Waals surface area contributed by atoms with Gasteiger partial charge in [0.2, 0.25) is 11.9 Å². The number of guanidine groups is 1. The summed E-state index contributed by atoms with van der Waals surface area (Å²) in [5.74, 6) is 1.38. The van der Waals surface area contributed by atoms with Crippen molar-refractivity contribution in [2.24, 2.45) is 4.99 Å². The number of nitrogens with zero attached hydrogens (tertiary/aromatic N) is 3. The number of hydrogen-bond donors (Lipinski definition) is 3. The van der Waals surface area contributed by atoms with Crippen LogP contribution in [0, 0.1) is 11.5 Å². The van der Waals surface area contributed by atoms with E-state index in [0.717, 1.165) is 37.1 Å². The summed E-state index contributed by atoms with van der Waals surface area (Å²) in [4.78, 5) is 18.9. The van der Waals surface area contributed by atoms with Crippen LogP contribution in [0.5, 0.6) is 5.75 Å². The summed E-state index contributed by atoms with van der Waals surface area (Å²) >= 11 is 0. The number of carbonyl (C=O) groups excluding carboxylic acids is 1. The fourth-order valence-electron chi connectivity index (χ4n) is 4.26. The zero-order valence-electron chi connectivity index (χ0n) is 21.8. The maximum atomic E-state index is 12.0. The molecule has 1 aliphatic heterocycles. The van der Waals surface area contributed by atoms with E-state index < -0.39 is 0 Å². The molecule has 0 spiro atoms. The summed E-state index contributed by atoms with van der Waals surface area (Å²) < 4.78 is 5.93. The van der Waals surface area contributed by atoms with Crippen LogP contribution in [-0.4, -0.2) is 56.1 Å². The van der Waals surface area contributed by atoms with Crippen LogP contribution in [0.25, 0.3) is 0 Å². The van der Waals surface area contributed by atoms with Crippen molar-refractivity contribution < 1.29 is 9.53 Å². The van der Waals surface area contributed by atoms with Crippen molar-refractivity contribution in [3.63, 3.8) is 0 Å². The molecule has 0 unspecified atom stereocenters. The molecule has 1 fully saturated rings. The average Bonchev–Trinajstić information content (AvgIpc) is 2.93. The lowest BCUT2D eigenvalue weighted by atomic mass is 10.1. The first-order chi connectivity index (χ1) is 18.2. The quantitative estimate of drug-likeness (QED) is 0.119. The molecule has 2 aromatic rings. The smallest absolute Gasteiger partial charge is 0.220 e. The molecule has 37 heavy (non-hydrogen) atoms. The van der Waals surface area contributed by atoms with E-state index in [4.69, 9.17) is 10.00 Å². The number of ether oxygens (including phenoxy) is 1. The second kappa shape index (κ2) is 17.0. The number of piperidine rings is 1. The number of hydrogen-bond acceptors (Lipinski definition) is 5. The zero-order valence-corrected chi connectivity index (χ0v) is 21.8. The Hall–Kier alpha value is -3.57. The van der Waals surface area contributed by atoms with E-state index in [-0.39, 0.29) is 5.91 Å². The minimum Gasteiger partial charge on any atom is -0.494 e. The van der Waals surface area contributed by atoms with Gasteiger partial charge in [-0.25, -0.2) is 0 Å². The van der Waals surface area contributed by atoms with Crippen LogP contribution in [0.3, 0.4) is 0 Å². The van der Waals surface area contributed by atoms with Gasteiger partial charge in [0.25, 0.3) is 0 Å². The van der Waals surface area contributed by atoms with Crippen LogP contribution in [0.2, 0.25) is 0 Å². The summed E-state index contributed by atoms with van der Waals surface area (Å²) in [7, 11) is 0. The van der Waals surface area contributed by atoms with E-state index in [9.17, 15) is 4.79 Å². The normalized spacial score (nSPS) is 14.0. The number of amides is 1. The molecule has 1 heterocycles. The molecule has 2 aromatic carbocycles. The van der Waals surface area contributed by atoms with E-state index in [0.29, 0.717) is 38.6 Å². The summed E-state index contributed by atoms with van der Waals surface area (Å²) in [6.45, 7) is 5.62. The highest BCUT2D eigenvalue weighted by atomic mass is 16.5. The van der Waals surface area contributed by atoms with Crippen molar-refractivity contribution in [2.45, 2.75) is 51.5 Å². The maximum absolute atomic E-state index is 12.0. The Balaban J connectivity index is 1.27. The SMILES string of the molecule is N#CNC(=NCCCOc1cccc(CN2CCCCC2)c1)NCCCNC(=O)CCc1ccccc1. The number of aryl methyl sites for hydroxylation is 1. The molecule has 0 bridgehead atoms. The number of aliphatic imine (C=N–C) groups is 1. The van der Waals surface area contributed by atoms with Gasteiger partial charge in [-0.15, -0.1) is 0 Å². The third-order valence-electron chi connectivity index (χ3n) is 6.22. The van der Waals surface area contributed by atoms with Gasteiger partial charge < -0.3 is 15.4 Å². The molecular weight excluding hydrogens is 464 g/mol. The first-order valence-corrected chi connectivity index (χ1v) is 13.4. The lowest BCUT2D eigenvalue weighted by Crippen LogP contribution is -2.36. The van der Waals surface area contributed by atoms with Gasteiger partial charge in [-0.3, -0.25) is 20.0 Å². The first-order valence-electron chi connectivity index (χ1n) is 13.4. The monoisotopic (exact) mass is 504 g/mol. The molecule has 1 amide bonds. The lowest BCUT2D eigenvalue weighted by molar-refractivity contribution is -0.121. The highest BCUT2D eigenvalue weighted by Crippen LogP contribution is 2.17. The highest BCUT2D eigenvalue weighted by Gasteiger charge is 2.10. The minimum atomic E-state index is 0.0462. The maximum Gasteiger partial charge on any atom is 0.220 e. The predicted molar refractivity (Wildman–Crippen MR) is 147 cm³/mol. The van der Waals surface area contributed by atoms with Gasteiger partial charge in [0.05, 0.1) is 6.61 Å². The van der Waals surface area contributed by atoms with E-state index in [1.54, 1.807) is 0 Å². The third kappa shape index (κ3) is 11.8. The fourth-order valence-corrected chi connectivity index (χ4v) is 4.26. The van der Waals surface area contributed by atoms with Crippen molar-refractivity contribution in [3.8, 4) is 11.9 Å². The molecule has 0 aliphatic carbocycles. The van der Waals surface area contributed by atoms with Crippen LogP contribution < -0.4 is 20.7 Å². The Bertz CT molecular complexity index is 999. The average molecular weight is 505 g/mol. The highest BCUT2D eigenvalue weighted by molar-refractivity contribution is 5.81. The number of likely N-dealkylation sites (tertiary alicyclic amines) is 1. The Morgan fingerprint density at radius 2 is 1.76 bits per heavy atom. The van der Waals surface area contributed by atoms with Crippen molar-refractivity contribution >= 4 is 11.9 Å². The van der Waals surface area contributed by atoms with Gasteiger partial charge in [0, 0.05) is 39.0 Å². The fraction of sp³-hybridized carbons (Fsp3) is 0.483. The topological polar surface area (TPSA) is 102 Å². The van der Waals surface area contributed by atoms with Crippen molar-refractivity contribution in [1.29, 1.82) is 5.26 Å². The molecule has 0 radical (unpaired) electrons. The van der Waals surface area contributed by atoms with Crippen molar-refractivity contribution in [3.05, 3.63) is 65.7 Å². The van der Waals surface area contributed by atoms with Gasteiger partial charge in [-0.1, -0.05) is 48.9 Å². The molecule has 3 rings (SSSR count). The number of nitriles is 1. The number of rotatable bonds is 14. The Kier molecular flexibility index (Phi) is 12.9. The molecule has 3 N–H and O–H groups in total. The summed E-state index contributed by atoms with van der Waals surface area (Å²) in [5, 5.41) is 17.6. The van der Waals surface area contributed by atoms with Gasteiger partial charge in [0.15, 0.2) is 6.19 Å². The van der Waals surface area contributed by atoms with Gasteiger partial charge in [-0.05, 0) is 62.0 Å². The molecule has 0 aromatic heterocycles. The van der Waals surface area contributed by atoms with Crippen LogP contribution in [0.15, 0.2) is 59.6 Å². The lowest BCUT2D eigenvalue weighted by Gasteiger charge is -2.26. The van der Waals surface area contributed by atoms with Crippen molar-refractivity contribution in [2.75, 3.05) is 39.3 Å². The molecule has 8 nitrogen and oxygen atoms in total. The predicted octanol–water partition coefficient (Wildman–Crippen LogP) is 3.60. The molecule has 1 saturated heterocycles. The molecule has 0 atom stereocenters. The Labute approximate surface area is 221 Å². The van der Waals surface area contributed by atoms with Crippen LogP contribution in [0.1, 0.15) is 49.7 Å². The second-order valence-electron chi connectivity index (χ2n) is 9.27. The van der Waals surface area contributed by atoms with Crippen LogP contribution >= 0.6 is 0 Å². The van der Waals surface area contributed by atoms with Gasteiger partial charge in [-0.2, -0.15) is 5.26 Å². The summed E-state index contributed by atoms with van der Waals surface area (Å²) in [6.07, 6.45) is 8.54. The number of carbonyl (C=O) groups is 1. The number of benzene rings is 2. The van der Waals surface area contributed by atoms with E-state index in [1.807, 2.05) is 42.6 Å². The van der Waals surface area contributed by atoms with Crippen molar-refractivity contribution in [1.82, 2.24) is 20.9 Å².